The minimum absolute atomic E-state index is 0. The Morgan fingerprint density at radius 3 is 2.03 bits per heavy atom. The predicted molar refractivity (Wildman–Crippen MR) is 133 cm³/mol. The Morgan fingerprint density at radius 1 is 1.03 bits per heavy atom. The highest BCUT2D eigenvalue weighted by Crippen LogP contribution is 2.38. The lowest BCUT2D eigenvalue weighted by Crippen LogP contribution is -2.49. The number of anilines is 2. The fourth-order valence-electron chi connectivity index (χ4n) is 3.71. The van der Waals surface area contributed by atoms with Gasteiger partial charge in [-0.1, -0.05) is 21.3 Å². The molecule has 0 heterocycles. The Kier molecular flexibility index (Phi) is 10.2. The van der Waals surface area contributed by atoms with Crippen LogP contribution in [0.15, 0.2) is 42.5 Å². The number of carbonyl (C=O) groups is 2. The second kappa shape index (κ2) is 12.0. The van der Waals surface area contributed by atoms with E-state index in [2.05, 4.69) is 10.6 Å². The molecule has 0 aliphatic heterocycles. The molecule has 0 bridgehead atoms. The molecule has 0 aliphatic carbocycles. The van der Waals surface area contributed by atoms with Crippen molar-refractivity contribution in [3.8, 4) is 5.75 Å². The first-order valence-corrected chi connectivity index (χ1v) is 11.1. The number of alkyl halides is 3. The topological polar surface area (TPSA) is 131 Å². The molecular formula is C25H32F3N3O6. The summed E-state index contributed by atoms with van der Waals surface area (Å²) in [5.74, 6) is -0.813. The first kappa shape index (κ1) is 31.4. The van der Waals surface area contributed by atoms with Crippen LogP contribution in [-0.2, 0) is 15.8 Å². The average molecular weight is 528 g/mol. The Bertz CT molecular complexity index is 1110. The number of ether oxygens (including phenoxy) is 1. The van der Waals surface area contributed by atoms with Crippen molar-refractivity contribution in [2.75, 3.05) is 10.6 Å². The van der Waals surface area contributed by atoms with Gasteiger partial charge in [-0.15, -0.1) is 0 Å². The van der Waals surface area contributed by atoms with Gasteiger partial charge in [0.05, 0.1) is 4.92 Å². The Labute approximate surface area is 213 Å². The summed E-state index contributed by atoms with van der Waals surface area (Å²) in [4.78, 5) is 33.8. The zero-order valence-corrected chi connectivity index (χ0v) is 20.2. The van der Waals surface area contributed by atoms with Crippen LogP contribution in [0, 0.1) is 10.1 Å². The first-order valence-electron chi connectivity index (χ1n) is 11.1. The van der Waals surface area contributed by atoms with Gasteiger partial charge < -0.3 is 20.5 Å². The van der Waals surface area contributed by atoms with Crippen molar-refractivity contribution in [1.82, 2.24) is 0 Å². The fraction of sp³-hybridized carbons (Fsp3) is 0.440. The molecule has 0 saturated heterocycles. The van der Waals surface area contributed by atoms with Crippen molar-refractivity contribution >= 4 is 28.9 Å². The predicted octanol–water partition coefficient (Wildman–Crippen LogP) is 5.93. The van der Waals surface area contributed by atoms with E-state index in [0.717, 1.165) is 6.07 Å². The van der Waals surface area contributed by atoms with E-state index >= 15 is 0 Å². The van der Waals surface area contributed by atoms with Crippen LogP contribution >= 0.6 is 0 Å². The molecule has 0 spiro atoms. The van der Waals surface area contributed by atoms with Gasteiger partial charge >= 0.3 is 6.18 Å². The van der Waals surface area contributed by atoms with Crippen LogP contribution in [-0.4, -0.2) is 33.0 Å². The summed E-state index contributed by atoms with van der Waals surface area (Å²) in [6.45, 7) is 6.18. The maximum Gasteiger partial charge on any atom is 0.423 e. The lowest BCUT2D eigenvalue weighted by atomic mass is 9.83. The van der Waals surface area contributed by atoms with E-state index in [4.69, 9.17) is 4.74 Å². The van der Waals surface area contributed by atoms with Gasteiger partial charge in [-0.25, -0.2) is 0 Å². The lowest BCUT2D eigenvalue weighted by molar-refractivity contribution is -0.388. The molecule has 2 rings (SSSR count). The number of nitrogens with one attached hydrogen (secondary N) is 2. The molecule has 2 aromatic rings. The molecule has 0 fully saturated rings. The first-order chi connectivity index (χ1) is 16.6. The minimum Gasteiger partial charge on any atom is -0.487 e. The van der Waals surface area contributed by atoms with Gasteiger partial charge in [0.1, 0.15) is 22.5 Å². The van der Waals surface area contributed by atoms with Crippen molar-refractivity contribution in [3.63, 3.8) is 0 Å². The van der Waals surface area contributed by atoms with Crippen LogP contribution < -0.4 is 15.4 Å². The second-order valence-electron chi connectivity index (χ2n) is 8.59. The molecular weight excluding hydrogens is 495 g/mol. The highest BCUT2D eigenvalue weighted by molar-refractivity contribution is 5.97. The monoisotopic (exact) mass is 527 g/mol. The molecule has 0 aromatic heterocycles. The summed E-state index contributed by atoms with van der Waals surface area (Å²) in [5.41, 5.74) is -5.55. The maximum atomic E-state index is 13.3. The molecule has 0 radical (unpaired) electrons. The van der Waals surface area contributed by atoms with Crippen molar-refractivity contribution in [2.45, 2.75) is 71.8 Å². The standard InChI is InChI=1S/C24H28F3N3O6.CH4/c1-5-23(6-2,36-18-10-7-16(8-11-18)28-15(3)31)14-22(4,33)21(32)29-17-9-12-20(30(34)35)19(13-17)24(25,26)27;/h7-13,33H,5-6,14H2,1-4H3,(H,28,31)(H,29,32);1H4. The van der Waals surface area contributed by atoms with Crippen molar-refractivity contribution < 1.29 is 37.5 Å². The molecule has 12 heteroatoms. The van der Waals surface area contributed by atoms with Gasteiger partial charge in [0, 0.05) is 30.8 Å². The van der Waals surface area contributed by atoms with E-state index in [0.29, 0.717) is 36.4 Å². The molecule has 1 unspecified atom stereocenters. The van der Waals surface area contributed by atoms with E-state index < -0.39 is 39.5 Å². The van der Waals surface area contributed by atoms with E-state index in [9.17, 15) is 38.0 Å². The highest BCUT2D eigenvalue weighted by atomic mass is 19.4. The summed E-state index contributed by atoms with van der Waals surface area (Å²) in [7, 11) is 0. The number of hydrogen-bond donors (Lipinski definition) is 3. The third-order valence-corrected chi connectivity index (χ3v) is 5.71. The minimum atomic E-state index is -5.02. The number of benzene rings is 2. The van der Waals surface area contributed by atoms with Crippen LogP contribution in [0.2, 0.25) is 0 Å². The zero-order valence-electron chi connectivity index (χ0n) is 20.2. The van der Waals surface area contributed by atoms with Crippen LogP contribution in [0.1, 0.15) is 59.9 Å². The quantitative estimate of drug-likeness (QED) is 0.259. The summed E-state index contributed by atoms with van der Waals surface area (Å²) in [5, 5.41) is 26.8. The van der Waals surface area contributed by atoms with Gasteiger partial charge in [-0.3, -0.25) is 19.7 Å². The van der Waals surface area contributed by atoms with Crippen molar-refractivity contribution in [2.24, 2.45) is 0 Å². The number of nitro benzene ring substituents is 1. The number of nitro groups is 1. The van der Waals surface area contributed by atoms with Crippen LogP contribution in [0.4, 0.5) is 30.2 Å². The Balaban J connectivity index is 0.00000684. The molecule has 0 aliphatic rings. The summed E-state index contributed by atoms with van der Waals surface area (Å²) >= 11 is 0. The summed E-state index contributed by atoms with van der Waals surface area (Å²) < 4.78 is 45.9. The maximum absolute atomic E-state index is 13.3. The highest BCUT2D eigenvalue weighted by Gasteiger charge is 2.43. The molecule has 0 saturated carbocycles. The Hall–Kier alpha value is -3.67. The number of amides is 2. The molecule has 204 valence electrons. The number of rotatable bonds is 10. The van der Waals surface area contributed by atoms with Gasteiger partial charge in [-0.05, 0) is 56.2 Å². The van der Waals surface area contributed by atoms with Gasteiger partial charge in [-0.2, -0.15) is 13.2 Å². The third-order valence-electron chi connectivity index (χ3n) is 5.71. The SMILES string of the molecule is C.CCC(CC)(CC(C)(O)C(=O)Nc1ccc([N+](=O)[O-])c(C(F)(F)F)c1)Oc1ccc(NC(C)=O)cc1. The van der Waals surface area contributed by atoms with E-state index in [1.165, 1.54) is 13.8 Å². The van der Waals surface area contributed by atoms with Crippen LogP contribution in [0.5, 0.6) is 5.75 Å². The summed E-state index contributed by atoms with van der Waals surface area (Å²) in [6, 6.07) is 8.55. The zero-order chi connectivity index (χ0) is 27.3. The summed E-state index contributed by atoms with van der Waals surface area (Å²) in [6.07, 6.45) is -4.45. The van der Waals surface area contributed by atoms with Crippen LogP contribution in [0.25, 0.3) is 0 Å². The number of aliphatic hydroxyl groups is 1. The fourth-order valence-corrected chi connectivity index (χ4v) is 3.71. The molecule has 2 amide bonds. The average Bonchev–Trinajstić information content (AvgIpc) is 2.78. The van der Waals surface area contributed by atoms with Gasteiger partial charge in [0.15, 0.2) is 0 Å². The van der Waals surface area contributed by atoms with E-state index in [1.807, 2.05) is 0 Å². The molecule has 1 atom stereocenters. The Morgan fingerprint density at radius 2 is 1.57 bits per heavy atom. The lowest BCUT2D eigenvalue weighted by Gasteiger charge is -2.38. The number of carbonyl (C=O) groups excluding carboxylic acids is 2. The second-order valence-corrected chi connectivity index (χ2v) is 8.59. The molecule has 37 heavy (non-hydrogen) atoms. The molecule has 2 aromatic carbocycles. The van der Waals surface area contributed by atoms with Gasteiger partial charge in [0.2, 0.25) is 5.91 Å². The number of hydrogen-bond acceptors (Lipinski definition) is 6. The van der Waals surface area contributed by atoms with Crippen molar-refractivity contribution in [1.29, 1.82) is 0 Å². The van der Waals surface area contributed by atoms with Crippen LogP contribution in [0.3, 0.4) is 0 Å². The largest absolute Gasteiger partial charge is 0.487 e. The number of nitrogens with zero attached hydrogens (tertiary/aromatic N) is 1. The van der Waals surface area contributed by atoms with E-state index in [1.54, 1.807) is 38.1 Å². The molecule has 3 N–H and O–H groups in total. The van der Waals surface area contributed by atoms with Crippen molar-refractivity contribution in [3.05, 3.63) is 58.1 Å². The normalized spacial score (nSPS) is 13.1. The number of halogens is 3. The van der Waals surface area contributed by atoms with E-state index in [-0.39, 0.29) is 25.4 Å². The third kappa shape index (κ3) is 8.17. The van der Waals surface area contributed by atoms with Gasteiger partial charge in [0.25, 0.3) is 11.6 Å². The smallest absolute Gasteiger partial charge is 0.423 e. The molecule has 9 nitrogen and oxygen atoms in total.